The molecule has 4 aromatic rings. The van der Waals surface area contributed by atoms with Crippen LogP contribution in [0.3, 0.4) is 0 Å². The lowest BCUT2D eigenvalue weighted by molar-refractivity contribution is 0.0783. The molecule has 0 aliphatic heterocycles. The van der Waals surface area contributed by atoms with Gasteiger partial charge in [0.2, 0.25) is 0 Å². The Bertz CT molecular complexity index is 1300. The molecule has 2 aromatic heterocycles. The number of thiazole rings is 1. The van der Waals surface area contributed by atoms with E-state index in [1.807, 2.05) is 25.1 Å². The van der Waals surface area contributed by atoms with Crippen LogP contribution in [0.15, 0.2) is 47.4 Å². The Balaban J connectivity index is 1.80. The number of hydrogen-bond donors (Lipinski definition) is 2. The van der Waals surface area contributed by atoms with E-state index in [0.29, 0.717) is 39.0 Å². The van der Waals surface area contributed by atoms with Crippen molar-refractivity contribution < 1.29 is 5.11 Å². The van der Waals surface area contributed by atoms with E-state index in [-0.39, 0.29) is 5.56 Å². The van der Waals surface area contributed by atoms with Gasteiger partial charge in [-0.05, 0) is 50.6 Å². The molecule has 0 amide bonds. The molecule has 6 nitrogen and oxygen atoms in total. The molecule has 2 aromatic carbocycles. The molecule has 154 valence electrons. The van der Waals surface area contributed by atoms with E-state index in [1.54, 1.807) is 42.8 Å². The van der Waals surface area contributed by atoms with E-state index in [9.17, 15) is 9.90 Å². The maximum atomic E-state index is 13.2. The van der Waals surface area contributed by atoms with Crippen LogP contribution in [0.1, 0.15) is 30.2 Å². The van der Waals surface area contributed by atoms with E-state index >= 15 is 0 Å². The van der Waals surface area contributed by atoms with Gasteiger partial charge >= 0.3 is 0 Å². The number of nitrogens with two attached hydrogens (primary N) is 1. The normalized spacial score (nSPS) is 11.9. The molecule has 2 heterocycles. The van der Waals surface area contributed by atoms with Gasteiger partial charge in [-0.15, -0.1) is 11.3 Å². The van der Waals surface area contributed by atoms with Gasteiger partial charge in [-0.1, -0.05) is 23.7 Å². The minimum Gasteiger partial charge on any atom is -0.398 e. The highest BCUT2D eigenvalue weighted by Gasteiger charge is 2.22. The Morgan fingerprint density at radius 2 is 1.93 bits per heavy atom. The zero-order valence-corrected chi connectivity index (χ0v) is 18.4. The second-order valence-corrected chi connectivity index (χ2v) is 9.19. The van der Waals surface area contributed by atoms with Crippen molar-refractivity contribution in [1.82, 2.24) is 14.5 Å². The number of rotatable bonds is 4. The first-order valence-electron chi connectivity index (χ1n) is 9.37. The molecule has 0 aliphatic rings. The molecule has 0 saturated carbocycles. The monoisotopic (exact) mass is 440 g/mol. The van der Waals surface area contributed by atoms with Crippen molar-refractivity contribution in [3.05, 3.63) is 74.4 Å². The lowest BCUT2D eigenvalue weighted by atomic mass is 10.1. The van der Waals surface area contributed by atoms with Crippen molar-refractivity contribution in [2.75, 3.05) is 5.73 Å². The topological polar surface area (TPSA) is 94.0 Å². The highest BCUT2D eigenvalue weighted by molar-refractivity contribution is 7.15. The Labute approximate surface area is 182 Å². The summed E-state index contributed by atoms with van der Waals surface area (Å²) in [5.74, 6) is 0.611. The van der Waals surface area contributed by atoms with Crippen molar-refractivity contribution in [3.8, 4) is 10.4 Å². The average molecular weight is 441 g/mol. The first kappa shape index (κ1) is 20.5. The molecule has 0 saturated heterocycles. The zero-order chi connectivity index (χ0) is 21.6. The Hall–Kier alpha value is -2.74. The molecule has 0 radical (unpaired) electrons. The predicted molar refractivity (Wildman–Crippen MR) is 122 cm³/mol. The van der Waals surface area contributed by atoms with Crippen LogP contribution >= 0.6 is 22.9 Å². The highest BCUT2D eigenvalue weighted by atomic mass is 35.5. The summed E-state index contributed by atoms with van der Waals surface area (Å²) in [6.07, 6.45) is 1.68. The third-order valence-corrected chi connectivity index (χ3v) is 6.46. The molecule has 0 aliphatic carbocycles. The summed E-state index contributed by atoms with van der Waals surface area (Å²) in [5, 5.41) is 11.9. The van der Waals surface area contributed by atoms with E-state index in [0.717, 1.165) is 16.0 Å². The van der Waals surface area contributed by atoms with Crippen molar-refractivity contribution in [2.24, 2.45) is 0 Å². The lowest BCUT2D eigenvalue weighted by Gasteiger charge is -2.13. The highest BCUT2D eigenvalue weighted by Crippen LogP contribution is 2.36. The largest absolute Gasteiger partial charge is 0.398 e. The first-order valence-corrected chi connectivity index (χ1v) is 10.6. The molecule has 0 atom stereocenters. The van der Waals surface area contributed by atoms with Gasteiger partial charge in [0.05, 0.1) is 22.3 Å². The molecule has 8 heteroatoms. The van der Waals surface area contributed by atoms with Gasteiger partial charge in [0.1, 0.15) is 16.4 Å². The minimum absolute atomic E-state index is 0.146. The van der Waals surface area contributed by atoms with Gasteiger partial charge < -0.3 is 10.8 Å². The van der Waals surface area contributed by atoms with Crippen molar-refractivity contribution in [1.29, 1.82) is 0 Å². The summed E-state index contributed by atoms with van der Waals surface area (Å²) >= 11 is 7.32. The number of hydrogen-bond acceptors (Lipinski definition) is 6. The number of anilines is 1. The fraction of sp³-hybridized carbons (Fsp3) is 0.227. The molecule has 0 unspecified atom stereocenters. The van der Waals surface area contributed by atoms with Crippen LogP contribution in [0.2, 0.25) is 5.02 Å². The van der Waals surface area contributed by atoms with Gasteiger partial charge in [-0.3, -0.25) is 9.36 Å². The summed E-state index contributed by atoms with van der Waals surface area (Å²) in [6, 6.07) is 10.9. The molecular weight excluding hydrogens is 420 g/mol. The van der Waals surface area contributed by atoms with E-state index < -0.39 is 5.60 Å². The Kier molecular flexibility index (Phi) is 5.13. The number of aliphatic hydroxyl groups is 1. The smallest absolute Gasteiger partial charge is 0.261 e. The third kappa shape index (κ3) is 3.84. The molecular formula is C22H21ClN4O2S. The summed E-state index contributed by atoms with van der Waals surface area (Å²) < 4.78 is 1.63. The van der Waals surface area contributed by atoms with Crippen LogP contribution < -0.4 is 11.3 Å². The molecule has 30 heavy (non-hydrogen) atoms. The Morgan fingerprint density at radius 3 is 2.57 bits per heavy atom. The van der Waals surface area contributed by atoms with Crippen LogP contribution in [0.25, 0.3) is 21.3 Å². The number of benzene rings is 2. The standard InChI is InChI=1S/C22H21ClN4O2S/c1-12-26-18-9-15(19-10-25-21(30-19)22(2,3)29)17(24)8-16(18)20(28)27(12)11-13-4-6-14(23)7-5-13/h4-10,29H,11,24H2,1-3H3. The van der Waals surface area contributed by atoms with Crippen LogP contribution in [0.4, 0.5) is 5.69 Å². The van der Waals surface area contributed by atoms with Crippen molar-refractivity contribution in [2.45, 2.75) is 32.9 Å². The van der Waals surface area contributed by atoms with Gasteiger partial charge in [0.25, 0.3) is 5.56 Å². The maximum Gasteiger partial charge on any atom is 0.261 e. The lowest BCUT2D eigenvalue weighted by Crippen LogP contribution is -2.24. The second kappa shape index (κ2) is 7.50. The average Bonchev–Trinajstić information content (AvgIpc) is 3.17. The molecule has 0 spiro atoms. The van der Waals surface area contributed by atoms with Crippen LogP contribution in [0, 0.1) is 6.92 Å². The van der Waals surface area contributed by atoms with Gasteiger partial charge in [0, 0.05) is 22.5 Å². The third-order valence-electron chi connectivity index (χ3n) is 4.86. The van der Waals surface area contributed by atoms with Gasteiger partial charge in [-0.25, -0.2) is 9.97 Å². The SMILES string of the molecule is Cc1nc2cc(-c3cnc(C(C)(C)O)s3)c(N)cc2c(=O)n1Cc1ccc(Cl)cc1. The van der Waals surface area contributed by atoms with Gasteiger partial charge in [0.15, 0.2) is 0 Å². The van der Waals surface area contributed by atoms with Crippen molar-refractivity contribution in [3.63, 3.8) is 0 Å². The molecule has 0 fully saturated rings. The second-order valence-electron chi connectivity index (χ2n) is 7.72. The number of fused-ring (bicyclic) bond motifs is 1. The van der Waals surface area contributed by atoms with Crippen LogP contribution in [-0.2, 0) is 12.1 Å². The summed E-state index contributed by atoms with van der Waals surface area (Å²) in [6.45, 7) is 5.59. The summed E-state index contributed by atoms with van der Waals surface area (Å²) in [4.78, 5) is 22.9. The predicted octanol–water partition coefficient (Wildman–Crippen LogP) is 4.34. The number of aryl methyl sites for hydroxylation is 1. The zero-order valence-electron chi connectivity index (χ0n) is 16.8. The van der Waals surface area contributed by atoms with E-state index in [1.165, 1.54) is 11.3 Å². The van der Waals surface area contributed by atoms with Crippen LogP contribution in [-0.4, -0.2) is 19.6 Å². The number of nitrogens with zero attached hydrogens (tertiary/aromatic N) is 3. The molecule has 3 N–H and O–H groups in total. The maximum absolute atomic E-state index is 13.2. The number of halogens is 1. The fourth-order valence-electron chi connectivity index (χ4n) is 3.25. The minimum atomic E-state index is -1.03. The summed E-state index contributed by atoms with van der Waals surface area (Å²) in [7, 11) is 0. The quantitative estimate of drug-likeness (QED) is 0.460. The fourth-order valence-corrected chi connectivity index (χ4v) is 4.33. The number of nitrogen functional groups attached to an aromatic ring is 1. The van der Waals surface area contributed by atoms with Gasteiger partial charge in [-0.2, -0.15) is 0 Å². The Morgan fingerprint density at radius 1 is 1.23 bits per heavy atom. The molecule has 0 bridgehead atoms. The van der Waals surface area contributed by atoms with E-state index in [4.69, 9.17) is 17.3 Å². The van der Waals surface area contributed by atoms with E-state index in [2.05, 4.69) is 9.97 Å². The molecule has 4 rings (SSSR count). The van der Waals surface area contributed by atoms with Crippen LogP contribution in [0.5, 0.6) is 0 Å². The van der Waals surface area contributed by atoms with Crippen molar-refractivity contribution >= 4 is 39.5 Å². The number of aromatic nitrogens is 3. The first-order chi connectivity index (χ1) is 14.1. The summed E-state index contributed by atoms with van der Waals surface area (Å²) in [5.41, 5.74) is 7.86.